The van der Waals surface area contributed by atoms with Crippen molar-refractivity contribution in [1.82, 2.24) is 4.90 Å². The lowest BCUT2D eigenvalue weighted by Gasteiger charge is -2.21. The maximum atomic E-state index is 13.7. The van der Waals surface area contributed by atoms with Crippen molar-refractivity contribution in [3.05, 3.63) is 59.7 Å². The number of amides is 1. The van der Waals surface area contributed by atoms with E-state index in [-0.39, 0.29) is 16.5 Å². The van der Waals surface area contributed by atoms with Gasteiger partial charge in [0.2, 0.25) is 0 Å². The molecule has 5 nitrogen and oxygen atoms in total. The van der Waals surface area contributed by atoms with Crippen LogP contribution in [0.4, 0.5) is 14.5 Å². The number of sulfonamides is 1. The zero-order valence-corrected chi connectivity index (χ0v) is 16.0. The van der Waals surface area contributed by atoms with Crippen molar-refractivity contribution < 1.29 is 22.0 Å². The third-order valence-corrected chi connectivity index (χ3v) is 5.24. The van der Waals surface area contributed by atoms with Crippen molar-refractivity contribution in [2.75, 3.05) is 17.8 Å². The molecule has 0 aliphatic rings. The van der Waals surface area contributed by atoms with Gasteiger partial charge < -0.3 is 4.90 Å². The molecule has 2 aromatic rings. The maximum absolute atomic E-state index is 13.7. The van der Waals surface area contributed by atoms with Gasteiger partial charge in [-0.1, -0.05) is 13.8 Å². The number of carbonyl (C=O) groups excluding carboxylic acids is 1. The Labute approximate surface area is 158 Å². The molecule has 0 aliphatic carbocycles. The van der Waals surface area contributed by atoms with Crippen LogP contribution in [0.5, 0.6) is 0 Å². The maximum Gasteiger partial charge on any atom is 0.261 e. The molecule has 0 aromatic heterocycles. The summed E-state index contributed by atoms with van der Waals surface area (Å²) in [5.74, 6) is -1.98. The molecule has 0 radical (unpaired) electrons. The molecule has 0 saturated heterocycles. The van der Waals surface area contributed by atoms with Crippen LogP contribution in [-0.2, 0) is 10.0 Å². The smallest absolute Gasteiger partial charge is 0.261 e. The minimum absolute atomic E-state index is 0.125. The van der Waals surface area contributed by atoms with Crippen LogP contribution >= 0.6 is 0 Å². The summed E-state index contributed by atoms with van der Waals surface area (Å²) < 4.78 is 53.5. The Balaban J connectivity index is 2.21. The average molecular weight is 396 g/mol. The first-order chi connectivity index (χ1) is 12.8. The summed E-state index contributed by atoms with van der Waals surface area (Å²) in [6, 6.07) is 7.98. The highest BCUT2D eigenvalue weighted by molar-refractivity contribution is 7.92. The van der Waals surface area contributed by atoms with Crippen molar-refractivity contribution in [1.29, 1.82) is 0 Å². The summed E-state index contributed by atoms with van der Waals surface area (Å²) in [4.78, 5) is 14.1. The highest BCUT2D eigenvalue weighted by Gasteiger charge is 2.19. The monoisotopic (exact) mass is 396 g/mol. The van der Waals surface area contributed by atoms with Crippen molar-refractivity contribution in [3.8, 4) is 0 Å². The Morgan fingerprint density at radius 2 is 1.59 bits per heavy atom. The van der Waals surface area contributed by atoms with Crippen LogP contribution in [0.2, 0.25) is 0 Å². The van der Waals surface area contributed by atoms with Crippen LogP contribution in [0, 0.1) is 11.6 Å². The second-order valence-electron chi connectivity index (χ2n) is 6.05. The molecule has 27 heavy (non-hydrogen) atoms. The van der Waals surface area contributed by atoms with Gasteiger partial charge in [-0.2, -0.15) is 0 Å². The summed E-state index contributed by atoms with van der Waals surface area (Å²) in [7, 11) is -4.07. The molecule has 0 fully saturated rings. The van der Waals surface area contributed by atoms with Crippen LogP contribution in [0.1, 0.15) is 37.0 Å². The fourth-order valence-corrected chi connectivity index (χ4v) is 3.66. The highest BCUT2D eigenvalue weighted by atomic mass is 32.2. The Morgan fingerprint density at radius 3 is 2.11 bits per heavy atom. The number of nitrogens with zero attached hydrogens (tertiary/aromatic N) is 1. The second-order valence-corrected chi connectivity index (χ2v) is 7.73. The van der Waals surface area contributed by atoms with E-state index in [0.717, 1.165) is 25.0 Å². The SMILES string of the molecule is CCCN(CCC)C(=O)c1ccc(S(=O)(=O)Nc2ccc(F)cc2F)cc1. The summed E-state index contributed by atoms with van der Waals surface area (Å²) >= 11 is 0. The van der Waals surface area contributed by atoms with Gasteiger partial charge in [-0.05, 0) is 49.2 Å². The highest BCUT2D eigenvalue weighted by Crippen LogP contribution is 2.20. The van der Waals surface area contributed by atoms with Gasteiger partial charge in [0, 0.05) is 24.7 Å². The fourth-order valence-electron chi connectivity index (χ4n) is 2.59. The zero-order valence-electron chi connectivity index (χ0n) is 15.2. The standard InChI is InChI=1S/C19H22F2N2O3S/c1-3-11-23(12-4-2)19(24)14-5-8-16(9-6-14)27(25,26)22-18-10-7-15(20)13-17(18)21/h5-10,13,22H,3-4,11-12H2,1-2H3. The van der Waals surface area contributed by atoms with Crippen LogP contribution in [0.3, 0.4) is 0 Å². The third kappa shape index (κ3) is 5.26. The van der Waals surface area contributed by atoms with E-state index in [1.807, 2.05) is 13.8 Å². The van der Waals surface area contributed by atoms with E-state index in [9.17, 15) is 22.0 Å². The number of rotatable bonds is 8. The average Bonchev–Trinajstić information content (AvgIpc) is 2.63. The molecule has 0 unspecified atom stereocenters. The molecule has 146 valence electrons. The summed E-state index contributed by atoms with van der Waals surface area (Å²) in [6.07, 6.45) is 1.65. The normalized spacial score (nSPS) is 11.3. The number of nitrogens with one attached hydrogen (secondary N) is 1. The second kappa shape index (κ2) is 8.94. The quantitative estimate of drug-likeness (QED) is 0.733. The Bertz CT molecular complexity index is 894. The number of anilines is 1. The van der Waals surface area contributed by atoms with E-state index in [1.54, 1.807) is 4.90 Å². The molecule has 1 N–H and O–H groups in total. The van der Waals surface area contributed by atoms with E-state index in [0.29, 0.717) is 24.7 Å². The summed E-state index contributed by atoms with van der Waals surface area (Å²) in [6.45, 7) is 5.20. The van der Waals surface area contributed by atoms with E-state index < -0.39 is 21.7 Å². The Kier molecular flexibility index (Phi) is 6.90. The topological polar surface area (TPSA) is 66.5 Å². The molecule has 8 heteroatoms. The van der Waals surface area contributed by atoms with Gasteiger partial charge in [-0.25, -0.2) is 17.2 Å². The first kappa shape index (κ1) is 20.8. The summed E-state index contributed by atoms with van der Waals surface area (Å²) in [5, 5.41) is 0. The molecular weight excluding hydrogens is 374 g/mol. The van der Waals surface area contributed by atoms with Crippen molar-refractivity contribution in [2.45, 2.75) is 31.6 Å². The van der Waals surface area contributed by atoms with E-state index >= 15 is 0 Å². The van der Waals surface area contributed by atoms with Gasteiger partial charge in [0.05, 0.1) is 10.6 Å². The molecule has 2 rings (SSSR count). The summed E-state index contributed by atoms with van der Waals surface area (Å²) in [5.41, 5.74) is 0.0254. The molecule has 0 atom stereocenters. The largest absolute Gasteiger partial charge is 0.339 e. The van der Waals surface area contributed by atoms with Crippen LogP contribution in [-0.4, -0.2) is 32.3 Å². The minimum Gasteiger partial charge on any atom is -0.339 e. The first-order valence-corrected chi connectivity index (χ1v) is 10.1. The fraction of sp³-hybridized carbons (Fsp3) is 0.316. The van der Waals surface area contributed by atoms with Gasteiger partial charge in [0.25, 0.3) is 15.9 Å². The van der Waals surface area contributed by atoms with Gasteiger partial charge in [-0.3, -0.25) is 9.52 Å². The van der Waals surface area contributed by atoms with E-state index in [4.69, 9.17) is 0 Å². The van der Waals surface area contributed by atoms with Crippen LogP contribution in [0.15, 0.2) is 47.4 Å². The molecular formula is C19H22F2N2O3S. The lowest BCUT2D eigenvalue weighted by molar-refractivity contribution is 0.0755. The van der Waals surface area contributed by atoms with Crippen molar-refractivity contribution in [2.24, 2.45) is 0 Å². The minimum atomic E-state index is -4.07. The van der Waals surface area contributed by atoms with Crippen LogP contribution < -0.4 is 4.72 Å². The first-order valence-electron chi connectivity index (χ1n) is 8.65. The predicted octanol–water partition coefficient (Wildman–Crippen LogP) is 4.03. The van der Waals surface area contributed by atoms with Gasteiger partial charge >= 0.3 is 0 Å². The van der Waals surface area contributed by atoms with Crippen molar-refractivity contribution in [3.63, 3.8) is 0 Å². The molecule has 2 aromatic carbocycles. The predicted molar refractivity (Wildman–Crippen MR) is 100 cm³/mol. The number of benzene rings is 2. The lowest BCUT2D eigenvalue weighted by atomic mass is 10.2. The molecule has 0 saturated carbocycles. The van der Waals surface area contributed by atoms with E-state index in [2.05, 4.69) is 4.72 Å². The third-order valence-electron chi connectivity index (χ3n) is 3.86. The van der Waals surface area contributed by atoms with E-state index in [1.165, 1.54) is 24.3 Å². The van der Waals surface area contributed by atoms with Gasteiger partial charge in [0.1, 0.15) is 11.6 Å². The lowest BCUT2D eigenvalue weighted by Crippen LogP contribution is -2.32. The Morgan fingerprint density at radius 1 is 1.00 bits per heavy atom. The number of hydrogen-bond donors (Lipinski definition) is 1. The number of carbonyl (C=O) groups is 1. The molecule has 1 amide bonds. The Hall–Kier alpha value is -2.48. The van der Waals surface area contributed by atoms with Gasteiger partial charge in [0.15, 0.2) is 0 Å². The van der Waals surface area contributed by atoms with Crippen molar-refractivity contribution >= 4 is 21.6 Å². The molecule has 0 aliphatic heterocycles. The molecule has 0 heterocycles. The zero-order chi connectivity index (χ0) is 20.0. The number of halogens is 2. The molecule has 0 bridgehead atoms. The number of hydrogen-bond acceptors (Lipinski definition) is 3. The molecule has 0 spiro atoms. The van der Waals surface area contributed by atoms with Gasteiger partial charge in [-0.15, -0.1) is 0 Å². The van der Waals surface area contributed by atoms with Crippen LogP contribution in [0.25, 0.3) is 0 Å².